The van der Waals surface area contributed by atoms with Crippen LogP contribution < -0.4 is 5.32 Å². The fourth-order valence-corrected chi connectivity index (χ4v) is 2.55. The molecule has 0 spiro atoms. The van der Waals surface area contributed by atoms with Gasteiger partial charge in [-0.3, -0.25) is 19.3 Å². The van der Waals surface area contributed by atoms with Gasteiger partial charge in [0.15, 0.2) is 0 Å². The maximum absolute atomic E-state index is 12.4. The molecule has 2 aromatic carbocycles. The molecule has 2 aromatic rings. The van der Waals surface area contributed by atoms with E-state index in [0.717, 1.165) is 4.90 Å². The van der Waals surface area contributed by atoms with Crippen molar-refractivity contribution in [1.29, 1.82) is 5.26 Å². The van der Waals surface area contributed by atoms with Gasteiger partial charge >= 0.3 is 0 Å². The molecular formula is C18H13N3O3. The fourth-order valence-electron chi connectivity index (χ4n) is 2.55. The van der Waals surface area contributed by atoms with Gasteiger partial charge in [0.05, 0.1) is 22.8 Å². The van der Waals surface area contributed by atoms with Crippen molar-refractivity contribution < 1.29 is 14.4 Å². The number of anilines is 1. The average Bonchev–Trinajstić information content (AvgIpc) is 2.86. The minimum absolute atomic E-state index is 0.306. The Kier molecular flexibility index (Phi) is 3.84. The monoisotopic (exact) mass is 319 g/mol. The lowest BCUT2D eigenvalue weighted by molar-refractivity contribution is -0.119. The lowest BCUT2D eigenvalue weighted by Gasteiger charge is -2.21. The van der Waals surface area contributed by atoms with Gasteiger partial charge in [-0.15, -0.1) is 0 Å². The number of imide groups is 1. The topological polar surface area (TPSA) is 90.3 Å². The Morgan fingerprint density at radius 2 is 1.58 bits per heavy atom. The number of carbonyl (C=O) groups is 3. The molecule has 0 fully saturated rings. The Labute approximate surface area is 138 Å². The minimum Gasteiger partial charge on any atom is -0.324 e. The first-order valence-electron chi connectivity index (χ1n) is 7.31. The minimum atomic E-state index is -0.951. The van der Waals surface area contributed by atoms with Crippen molar-refractivity contribution in [2.24, 2.45) is 0 Å². The molecule has 0 saturated heterocycles. The van der Waals surface area contributed by atoms with E-state index in [4.69, 9.17) is 5.26 Å². The van der Waals surface area contributed by atoms with Crippen LogP contribution in [0.15, 0.2) is 48.5 Å². The number of nitrogens with zero attached hydrogens (tertiary/aromatic N) is 2. The predicted octanol–water partition coefficient (Wildman–Crippen LogP) is 2.18. The summed E-state index contributed by atoms with van der Waals surface area (Å²) in [5.41, 5.74) is 1.57. The highest BCUT2D eigenvalue weighted by atomic mass is 16.2. The zero-order chi connectivity index (χ0) is 17.3. The van der Waals surface area contributed by atoms with Gasteiger partial charge in [-0.05, 0) is 43.3 Å². The second-order valence-electron chi connectivity index (χ2n) is 5.38. The van der Waals surface area contributed by atoms with Crippen molar-refractivity contribution in [1.82, 2.24) is 4.90 Å². The second-order valence-corrected chi connectivity index (χ2v) is 5.38. The summed E-state index contributed by atoms with van der Waals surface area (Å²) in [6.07, 6.45) is 0. The van der Waals surface area contributed by atoms with Crippen LogP contribution in [0.25, 0.3) is 0 Å². The Morgan fingerprint density at radius 1 is 1.04 bits per heavy atom. The number of hydrogen-bond donors (Lipinski definition) is 1. The average molecular weight is 319 g/mol. The van der Waals surface area contributed by atoms with Gasteiger partial charge in [0, 0.05) is 5.69 Å². The Morgan fingerprint density at radius 3 is 2.08 bits per heavy atom. The third-order valence-electron chi connectivity index (χ3n) is 3.87. The molecule has 1 atom stereocenters. The van der Waals surface area contributed by atoms with Crippen molar-refractivity contribution in [3.63, 3.8) is 0 Å². The summed E-state index contributed by atoms with van der Waals surface area (Å²) in [6, 6.07) is 13.8. The van der Waals surface area contributed by atoms with Crippen molar-refractivity contribution in [3.8, 4) is 6.07 Å². The molecule has 24 heavy (non-hydrogen) atoms. The molecule has 1 heterocycles. The summed E-state index contributed by atoms with van der Waals surface area (Å²) in [5, 5.41) is 11.4. The van der Waals surface area contributed by atoms with Crippen LogP contribution >= 0.6 is 0 Å². The predicted molar refractivity (Wildman–Crippen MR) is 86.2 cm³/mol. The third kappa shape index (κ3) is 2.52. The van der Waals surface area contributed by atoms with Crippen LogP contribution in [0.1, 0.15) is 33.2 Å². The number of fused-ring (bicyclic) bond motifs is 1. The van der Waals surface area contributed by atoms with E-state index < -0.39 is 23.8 Å². The van der Waals surface area contributed by atoms with E-state index in [1.807, 2.05) is 6.07 Å². The zero-order valence-electron chi connectivity index (χ0n) is 12.8. The molecular weight excluding hydrogens is 306 g/mol. The molecule has 0 aliphatic carbocycles. The molecule has 0 bridgehead atoms. The quantitative estimate of drug-likeness (QED) is 0.878. The van der Waals surface area contributed by atoms with Crippen LogP contribution in [0.5, 0.6) is 0 Å². The number of nitrogens with one attached hydrogen (secondary N) is 1. The highest BCUT2D eigenvalue weighted by molar-refractivity contribution is 6.23. The first kappa shape index (κ1) is 15.4. The first-order chi connectivity index (χ1) is 11.5. The third-order valence-corrected chi connectivity index (χ3v) is 3.87. The van der Waals surface area contributed by atoms with Gasteiger partial charge in [0.1, 0.15) is 6.04 Å². The number of carbonyl (C=O) groups excluding carboxylic acids is 3. The Hall–Kier alpha value is -3.46. The second kappa shape index (κ2) is 5.97. The molecule has 0 aromatic heterocycles. The van der Waals surface area contributed by atoms with E-state index >= 15 is 0 Å². The number of benzene rings is 2. The summed E-state index contributed by atoms with van der Waals surface area (Å²) >= 11 is 0. The molecule has 0 saturated carbocycles. The van der Waals surface area contributed by atoms with Crippen LogP contribution in [-0.2, 0) is 4.79 Å². The highest BCUT2D eigenvalue weighted by Crippen LogP contribution is 2.24. The number of hydrogen-bond acceptors (Lipinski definition) is 4. The summed E-state index contributed by atoms with van der Waals surface area (Å²) in [7, 11) is 0. The Bertz CT molecular complexity index is 846. The van der Waals surface area contributed by atoms with E-state index in [-0.39, 0.29) is 0 Å². The van der Waals surface area contributed by atoms with E-state index in [0.29, 0.717) is 22.4 Å². The van der Waals surface area contributed by atoms with Gasteiger partial charge in [0.2, 0.25) is 5.91 Å². The molecule has 1 aliphatic heterocycles. The molecule has 118 valence electrons. The largest absolute Gasteiger partial charge is 0.324 e. The van der Waals surface area contributed by atoms with Gasteiger partial charge < -0.3 is 5.32 Å². The van der Waals surface area contributed by atoms with Crippen LogP contribution in [0.3, 0.4) is 0 Å². The first-order valence-corrected chi connectivity index (χ1v) is 7.31. The molecule has 6 nitrogen and oxygen atoms in total. The van der Waals surface area contributed by atoms with Crippen molar-refractivity contribution in [3.05, 3.63) is 65.2 Å². The standard InChI is InChI=1S/C18H13N3O3/c1-11(16(22)20-13-8-6-12(10-19)7-9-13)21-17(23)14-4-2-3-5-15(14)18(21)24/h2-9,11H,1H3,(H,20,22). The van der Waals surface area contributed by atoms with Gasteiger partial charge in [0.25, 0.3) is 11.8 Å². The van der Waals surface area contributed by atoms with Crippen molar-refractivity contribution >= 4 is 23.4 Å². The summed E-state index contributed by atoms with van der Waals surface area (Å²) in [5.74, 6) is -1.43. The number of nitriles is 1. The molecule has 3 amide bonds. The molecule has 6 heteroatoms. The normalized spacial score (nSPS) is 14.1. The van der Waals surface area contributed by atoms with Crippen LogP contribution in [0, 0.1) is 11.3 Å². The zero-order valence-corrected chi connectivity index (χ0v) is 12.8. The number of rotatable bonds is 3. The van der Waals surface area contributed by atoms with Gasteiger partial charge in [-0.25, -0.2) is 0 Å². The smallest absolute Gasteiger partial charge is 0.262 e. The summed E-state index contributed by atoms with van der Waals surface area (Å²) in [4.78, 5) is 38.1. The van der Waals surface area contributed by atoms with E-state index in [1.54, 1.807) is 48.5 Å². The van der Waals surface area contributed by atoms with Crippen molar-refractivity contribution in [2.75, 3.05) is 5.32 Å². The highest BCUT2D eigenvalue weighted by Gasteiger charge is 2.40. The number of amides is 3. The SMILES string of the molecule is CC(C(=O)Nc1ccc(C#N)cc1)N1C(=O)c2ccccc2C1=O. The molecule has 1 unspecified atom stereocenters. The van der Waals surface area contributed by atoms with Gasteiger partial charge in [-0.2, -0.15) is 5.26 Å². The summed E-state index contributed by atoms with van der Waals surface area (Å²) < 4.78 is 0. The van der Waals surface area contributed by atoms with E-state index in [9.17, 15) is 14.4 Å². The Balaban J connectivity index is 1.78. The van der Waals surface area contributed by atoms with Crippen molar-refractivity contribution in [2.45, 2.75) is 13.0 Å². The lowest BCUT2D eigenvalue weighted by atomic mass is 10.1. The lowest BCUT2D eigenvalue weighted by Crippen LogP contribution is -2.45. The molecule has 0 radical (unpaired) electrons. The molecule has 3 rings (SSSR count). The van der Waals surface area contributed by atoms with Crippen LogP contribution in [0.2, 0.25) is 0 Å². The summed E-state index contributed by atoms with van der Waals surface area (Å²) in [6.45, 7) is 1.50. The molecule has 1 aliphatic rings. The maximum atomic E-state index is 12.4. The van der Waals surface area contributed by atoms with E-state index in [2.05, 4.69) is 5.32 Å². The fraction of sp³-hybridized carbons (Fsp3) is 0.111. The molecule has 1 N–H and O–H groups in total. The maximum Gasteiger partial charge on any atom is 0.262 e. The van der Waals surface area contributed by atoms with Crippen LogP contribution in [0.4, 0.5) is 5.69 Å². The van der Waals surface area contributed by atoms with E-state index in [1.165, 1.54) is 6.92 Å². The van der Waals surface area contributed by atoms with Crippen LogP contribution in [-0.4, -0.2) is 28.7 Å². The van der Waals surface area contributed by atoms with Gasteiger partial charge in [-0.1, -0.05) is 12.1 Å².